The van der Waals surface area contributed by atoms with Gasteiger partial charge in [0.25, 0.3) is 0 Å². The van der Waals surface area contributed by atoms with Crippen molar-refractivity contribution in [2.45, 2.75) is 91.5 Å². The van der Waals surface area contributed by atoms with E-state index in [0.29, 0.717) is 24.8 Å². The molecule has 1 aromatic rings. The number of carbonyl (C=O) groups is 3. The third-order valence-electron chi connectivity index (χ3n) is 10.3. The van der Waals surface area contributed by atoms with Crippen LogP contribution in [-0.4, -0.2) is 41.1 Å². The van der Waals surface area contributed by atoms with Crippen LogP contribution in [0.5, 0.6) is 0 Å². The number of esters is 2. The summed E-state index contributed by atoms with van der Waals surface area (Å²) in [5.41, 5.74) is -0.929. The molecule has 1 aromatic carbocycles. The highest BCUT2D eigenvalue weighted by Gasteiger charge is 2.75. The van der Waals surface area contributed by atoms with E-state index in [0.717, 1.165) is 19.3 Å². The molecule has 5 rings (SSSR count). The van der Waals surface area contributed by atoms with Crippen molar-refractivity contribution in [3.05, 3.63) is 35.9 Å². The summed E-state index contributed by atoms with van der Waals surface area (Å²) in [6, 6.07) is 8.86. The van der Waals surface area contributed by atoms with Gasteiger partial charge in [0.2, 0.25) is 0 Å². The molecule has 0 heterocycles. The molecular formula is C29H38O6. The van der Waals surface area contributed by atoms with Crippen molar-refractivity contribution in [2.24, 2.45) is 33.5 Å². The first-order valence-electron chi connectivity index (χ1n) is 13.0. The van der Waals surface area contributed by atoms with E-state index in [1.807, 2.05) is 6.07 Å². The number of Topliss-reactive ketones (excluding diaryl/α,β-unsaturated/α-hetero) is 1. The Morgan fingerprint density at radius 3 is 2.31 bits per heavy atom. The molecule has 1 N–H and O–H groups in total. The molecule has 4 aliphatic carbocycles. The van der Waals surface area contributed by atoms with Crippen LogP contribution in [0, 0.1) is 33.5 Å². The van der Waals surface area contributed by atoms with Crippen molar-refractivity contribution in [1.82, 2.24) is 0 Å². The second-order valence-electron chi connectivity index (χ2n) is 12.9. The predicted octanol–water partition coefficient (Wildman–Crippen LogP) is 4.73. The predicted molar refractivity (Wildman–Crippen MR) is 129 cm³/mol. The molecule has 4 fully saturated rings. The summed E-state index contributed by atoms with van der Waals surface area (Å²) in [6.07, 6.45) is 1.95. The quantitative estimate of drug-likeness (QED) is 0.627. The lowest BCUT2D eigenvalue weighted by Crippen LogP contribution is -2.71. The van der Waals surface area contributed by atoms with Gasteiger partial charge in [-0.1, -0.05) is 45.9 Å². The molecule has 0 saturated heterocycles. The molecule has 4 aliphatic rings. The van der Waals surface area contributed by atoms with E-state index < -0.39 is 41.1 Å². The Kier molecular flexibility index (Phi) is 5.52. The van der Waals surface area contributed by atoms with E-state index in [1.54, 1.807) is 24.3 Å². The lowest BCUT2D eigenvalue weighted by Gasteiger charge is -2.69. The smallest absolute Gasteiger partial charge is 0.338 e. The van der Waals surface area contributed by atoms with Gasteiger partial charge in [0, 0.05) is 31.6 Å². The average molecular weight is 483 g/mol. The maximum atomic E-state index is 13.4. The molecule has 6 heteroatoms. The Hall–Kier alpha value is -2.21. The normalized spacial score (nSPS) is 43.6. The second-order valence-corrected chi connectivity index (χ2v) is 12.9. The van der Waals surface area contributed by atoms with E-state index in [4.69, 9.17) is 9.47 Å². The molecule has 2 bridgehead atoms. The number of benzene rings is 1. The Morgan fingerprint density at radius 2 is 1.66 bits per heavy atom. The molecule has 35 heavy (non-hydrogen) atoms. The summed E-state index contributed by atoms with van der Waals surface area (Å²) >= 11 is 0. The number of rotatable bonds is 3. The summed E-state index contributed by atoms with van der Waals surface area (Å²) in [4.78, 5) is 39.0. The van der Waals surface area contributed by atoms with Crippen LogP contribution in [0.1, 0.15) is 83.5 Å². The number of hydrogen-bond donors (Lipinski definition) is 1. The largest absolute Gasteiger partial charge is 0.458 e. The molecule has 190 valence electrons. The Morgan fingerprint density at radius 1 is 0.971 bits per heavy atom. The Labute approximate surface area is 207 Å². The summed E-state index contributed by atoms with van der Waals surface area (Å²) in [5, 5.41) is 11.2. The zero-order valence-corrected chi connectivity index (χ0v) is 21.5. The SMILES string of the molecule is CC(=O)OC1C(OC(=O)c2ccccc2)C2C(C)(C)CC(=O)CC2(C)C23CCC(C)(C2)C(O)CC13. The molecule has 0 aliphatic heterocycles. The molecular weight excluding hydrogens is 444 g/mol. The standard InChI is InChI=1S/C29H38O6/c1-17(30)34-22-20-13-21(32)27(4)11-12-29(20,16-27)28(5)15-19(31)14-26(2,3)24(28)23(22)35-25(33)18-9-7-6-8-10-18/h6-10,20-24,32H,11-16H2,1-5H3. The summed E-state index contributed by atoms with van der Waals surface area (Å²) in [7, 11) is 0. The summed E-state index contributed by atoms with van der Waals surface area (Å²) in [5.74, 6) is -0.987. The molecule has 6 nitrogen and oxygen atoms in total. The number of ether oxygens (including phenoxy) is 2. The lowest BCUT2D eigenvalue weighted by molar-refractivity contribution is -0.266. The van der Waals surface area contributed by atoms with Gasteiger partial charge in [0.15, 0.2) is 0 Å². The highest BCUT2D eigenvalue weighted by molar-refractivity contribution is 5.89. The third-order valence-corrected chi connectivity index (χ3v) is 10.3. The minimum absolute atomic E-state index is 0.168. The van der Waals surface area contributed by atoms with E-state index in [9.17, 15) is 19.5 Å². The molecule has 0 aromatic heterocycles. The van der Waals surface area contributed by atoms with Gasteiger partial charge in [-0.25, -0.2) is 4.79 Å². The maximum absolute atomic E-state index is 13.4. The zero-order chi connectivity index (χ0) is 25.4. The van der Waals surface area contributed by atoms with Gasteiger partial charge in [0.1, 0.15) is 18.0 Å². The van der Waals surface area contributed by atoms with Crippen LogP contribution in [0.4, 0.5) is 0 Å². The number of hydrogen-bond acceptors (Lipinski definition) is 6. The molecule has 8 atom stereocenters. The van der Waals surface area contributed by atoms with E-state index in [1.165, 1.54) is 6.92 Å². The fraction of sp³-hybridized carbons (Fsp3) is 0.690. The molecule has 0 amide bonds. The van der Waals surface area contributed by atoms with E-state index in [-0.39, 0.29) is 28.4 Å². The van der Waals surface area contributed by atoms with Crippen molar-refractivity contribution < 1.29 is 29.0 Å². The lowest BCUT2D eigenvalue weighted by atomic mass is 9.37. The molecule has 4 saturated carbocycles. The van der Waals surface area contributed by atoms with Gasteiger partial charge >= 0.3 is 11.9 Å². The topological polar surface area (TPSA) is 89.9 Å². The van der Waals surface area contributed by atoms with Crippen molar-refractivity contribution in [1.29, 1.82) is 0 Å². The van der Waals surface area contributed by atoms with Crippen LogP contribution in [-0.2, 0) is 19.1 Å². The number of carbonyl (C=O) groups excluding carboxylic acids is 3. The molecule has 8 unspecified atom stereocenters. The van der Waals surface area contributed by atoms with Gasteiger partial charge < -0.3 is 14.6 Å². The van der Waals surface area contributed by atoms with Gasteiger partial charge in [0.05, 0.1) is 11.7 Å². The average Bonchev–Trinajstić information content (AvgIpc) is 3.09. The number of aliphatic hydroxyl groups excluding tert-OH is 1. The second kappa shape index (κ2) is 7.89. The number of fused-ring (bicyclic) bond motifs is 2. The van der Waals surface area contributed by atoms with Crippen LogP contribution >= 0.6 is 0 Å². The minimum atomic E-state index is -0.701. The van der Waals surface area contributed by atoms with Crippen molar-refractivity contribution in [3.63, 3.8) is 0 Å². The fourth-order valence-electron chi connectivity index (χ4n) is 9.13. The first-order valence-corrected chi connectivity index (χ1v) is 13.0. The fourth-order valence-corrected chi connectivity index (χ4v) is 9.13. The highest BCUT2D eigenvalue weighted by Crippen LogP contribution is 2.76. The minimum Gasteiger partial charge on any atom is -0.458 e. The van der Waals surface area contributed by atoms with Gasteiger partial charge in [-0.05, 0) is 59.5 Å². The first kappa shape index (κ1) is 24.5. The van der Waals surface area contributed by atoms with Crippen LogP contribution in [0.25, 0.3) is 0 Å². The Balaban J connectivity index is 1.67. The van der Waals surface area contributed by atoms with E-state index >= 15 is 0 Å². The number of aliphatic hydroxyl groups is 1. The van der Waals surface area contributed by atoms with Crippen molar-refractivity contribution in [3.8, 4) is 0 Å². The monoisotopic (exact) mass is 482 g/mol. The van der Waals surface area contributed by atoms with Crippen LogP contribution in [0.2, 0.25) is 0 Å². The summed E-state index contributed by atoms with van der Waals surface area (Å²) < 4.78 is 12.3. The van der Waals surface area contributed by atoms with Crippen LogP contribution < -0.4 is 0 Å². The molecule has 1 spiro atoms. The van der Waals surface area contributed by atoms with Gasteiger partial charge in [-0.3, -0.25) is 9.59 Å². The third kappa shape index (κ3) is 3.50. The van der Waals surface area contributed by atoms with E-state index in [2.05, 4.69) is 27.7 Å². The van der Waals surface area contributed by atoms with Crippen LogP contribution in [0.15, 0.2) is 30.3 Å². The van der Waals surface area contributed by atoms with Gasteiger partial charge in [-0.2, -0.15) is 0 Å². The Bertz CT molecular complexity index is 1050. The highest BCUT2D eigenvalue weighted by atomic mass is 16.6. The maximum Gasteiger partial charge on any atom is 0.338 e. The zero-order valence-electron chi connectivity index (χ0n) is 21.5. The first-order chi connectivity index (χ1) is 16.3. The van der Waals surface area contributed by atoms with Crippen molar-refractivity contribution in [2.75, 3.05) is 0 Å². The van der Waals surface area contributed by atoms with Gasteiger partial charge in [-0.15, -0.1) is 0 Å². The molecule has 0 radical (unpaired) electrons. The van der Waals surface area contributed by atoms with Crippen LogP contribution in [0.3, 0.4) is 0 Å². The number of ketones is 1. The summed E-state index contributed by atoms with van der Waals surface area (Å²) in [6.45, 7) is 9.93. The van der Waals surface area contributed by atoms with Crippen molar-refractivity contribution >= 4 is 17.7 Å².